The first-order valence-corrected chi connectivity index (χ1v) is 3.56. The van der Waals surface area contributed by atoms with Crippen LogP contribution in [0.3, 0.4) is 0 Å². The quantitative estimate of drug-likeness (QED) is 0.604. The standard InChI is InChI=1S/C7H9N3O3/c1-10-3-5(2-9-10)6(7(12)13)8-4-11/h2-4,6H,1H3,(H,8,11)(H,12,13). The van der Waals surface area contributed by atoms with Crippen LogP contribution in [0.2, 0.25) is 0 Å². The van der Waals surface area contributed by atoms with Crippen LogP contribution in [0.4, 0.5) is 0 Å². The summed E-state index contributed by atoms with van der Waals surface area (Å²) < 4.78 is 1.47. The molecule has 0 aliphatic heterocycles. The minimum Gasteiger partial charge on any atom is -0.479 e. The maximum atomic E-state index is 10.6. The van der Waals surface area contributed by atoms with Crippen molar-refractivity contribution in [3.63, 3.8) is 0 Å². The highest BCUT2D eigenvalue weighted by atomic mass is 16.4. The van der Waals surface area contributed by atoms with Crippen molar-refractivity contribution in [2.24, 2.45) is 7.05 Å². The van der Waals surface area contributed by atoms with Crippen LogP contribution in [-0.4, -0.2) is 27.3 Å². The summed E-state index contributed by atoms with van der Waals surface area (Å²) in [4.78, 5) is 20.7. The number of amides is 1. The first-order chi connectivity index (χ1) is 6.15. The van der Waals surface area contributed by atoms with E-state index in [-0.39, 0.29) is 0 Å². The molecule has 0 aliphatic carbocycles. The molecule has 0 fully saturated rings. The second kappa shape index (κ2) is 3.70. The molecular formula is C7H9N3O3. The Labute approximate surface area is 74.2 Å². The fraction of sp³-hybridized carbons (Fsp3) is 0.286. The summed E-state index contributed by atoms with van der Waals surface area (Å²) in [5.74, 6) is -1.11. The van der Waals surface area contributed by atoms with Gasteiger partial charge in [0.2, 0.25) is 6.41 Å². The highest BCUT2D eigenvalue weighted by Crippen LogP contribution is 2.10. The molecule has 2 N–H and O–H groups in total. The highest BCUT2D eigenvalue weighted by Gasteiger charge is 2.19. The molecule has 1 aromatic rings. The second-order valence-electron chi connectivity index (χ2n) is 2.50. The van der Waals surface area contributed by atoms with Gasteiger partial charge in [-0.3, -0.25) is 9.48 Å². The first kappa shape index (κ1) is 9.24. The van der Waals surface area contributed by atoms with E-state index in [4.69, 9.17) is 5.11 Å². The summed E-state index contributed by atoms with van der Waals surface area (Å²) in [6, 6.07) is -1.02. The number of aryl methyl sites for hydroxylation is 1. The fourth-order valence-electron chi connectivity index (χ4n) is 0.967. The number of carboxylic acid groups (broad SMARTS) is 1. The molecule has 1 amide bonds. The summed E-state index contributed by atoms with van der Waals surface area (Å²) >= 11 is 0. The van der Waals surface area contributed by atoms with Gasteiger partial charge in [0.1, 0.15) is 0 Å². The van der Waals surface area contributed by atoms with Gasteiger partial charge in [-0.05, 0) is 0 Å². The topological polar surface area (TPSA) is 84.2 Å². The molecule has 1 unspecified atom stereocenters. The summed E-state index contributed by atoms with van der Waals surface area (Å²) in [6.07, 6.45) is 3.29. The van der Waals surface area contributed by atoms with Crippen LogP contribution in [0.25, 0.3) is 0 Å². The molecule has 0 aliphatic rings. The van der Waals surface area contributed by atoms with Crippen molar-refractivity contribution in [1.29, 1.82) is 0 Å². The maximum absolute atomic E-state index is 10.6. The van der Waals surface area contributed by atoms with Gasteiger partial charge < -0.3 is 10.4 Å². The van der Waals surface area contributed by atoms with E-state index in [9.17, 15) is 9.59 Å². The predicted molar refractivity (Wildman–Crippen MR) is 42.8 cm³/mol. The van der Waals surface area contributed by atoms with Gasteiger partial charge in [0.05, 0.1) is 6.20 Å². The molecule has 6 nitrogen and oxygen atoms in total. The van der Waals surface area contributed by atoms with E-state index in [1.165, 1.54) is 17.1 Å². The molecule has 1 aromatic heterocycles. The van der Waals surface area contributed by atoms with Gasteiger partial charge >= 0.3 is 5.97 Å². The Morgan fingerprint density at radius 2 is 2.54 bits per heavy atom. The van der Waals surface area contributed by atoms with Gasteiger partial charge in [0.25, 0.3) is 0 Å². The number of carboxylic acids is 1. The van der Waals surface area contributed by atoms with Gasteiger partial charge in [-0.2, -0.15) is 5.10 Å². The molecule has 0 saturated carbocycles. The average molecular weight is 183 g/mol. The number of aromatic nitrogens is 2. The van der Waals surface area contributed by atoms with Gasteiger partial charge in [-0.25, -0.2) is 4.79 Å². The lowest BCUT2D eigenvalue weighted by molar-refractivity contribution is -0.140. The zero-order valence-corrected chi connectivity index (χ0v) is 6.97. The van der Waals surface area contributed by atoms with Crippen LogP contribution < -0.4 is 5.32 Å². The van der Waals surface area contributed by atoms with Crippen molar-refractivity contribution >= 4 is 12.4 Å². The van der Waals surface area contributed by atoms with Crippen LogP contribution in [0, 0.1) is 0 Å². The van der Waals surface area contributed by atoms with E-state index >= 15 is 0 Å². The molecular weight excluding hydrogens is 174 g/mol. The summed E-state index contributed by atoms with van der Waals surface area (Å²) in [7, 11) is 1.67. The number of carbonyl (C=O) groups is 2. The zero-order valence-electron chi connectivity index (χ0n) is 6.97. The van der Waals surface area contributed by atoms with E-state index in [1.807, 2.05) is 0 Å². The molecule has 0 bridgehead atoms. The number of carbonyl (C=O) groups excluding carboxylic acids is 1. The lowest BCUT2D eigenvalue weighted by atomic mass is 10.2. The Hall–Kier alpha value is -1.85. The zero-order chi connectivity index (χ0) is 9.84. The molecule has 6 heteroatoms. The maximum Gasteiger partial charge on any atom is 0.331 e. The van der Waals surface area contributed by atoms with Gasteiger partial charge in [0.15, 0.2) is 6.04 Å². The minimum absolute atomic E-state index is 0.353. The number of hydrogen-bond acceptors (Lipinski definition) is 3. The summed E-state index contributed by atoms with van der Waals surface area (Å²) in [6.45, 7) is 0. The SMILES string of the molecule is Cn1cc(C(NC=O)C(=O)O)cn1. The highest BCUT2D eigenvalue weighted by molar-refractivity contribution is 5.77. The minimum atomic E-state index is -1.11. The second-order valence-corrected chi connectivity index (χ2v) is 2.50. The molecule has 0 radical (unpaired) electrons. The van der Waals surface area contributed by atoms with Crippen LogP contribution in [0.1, 0.15) is 11.6 Å². The number of nitrogens with one attached hydrogen (secondary N) is 1. The largest absolute Gasteiger partial charge is 0.479 e. The molecule has 13 heavy (non-hydrogen) atoms. The van der Waals surface area contributed by atoms with Crippen molar-refractivity contribution in [3.8, 4) is 0 Å². The van der Waals surface area contributed by atoms with E-state index in [2.05, 4.69) is 10.4 Å². The number of aliphatic carboxylic acids is 1. The Kier molecular flexibility index (Phi) is 2.63. The van der Waals surface area contributed by atoms with E-state index in [0.717, 1.165) is 0 Å². The monoisotopic (exact) mass is 183 g/mol. The van der Waals surface area contributed by atoms with Crippen LogP contribution in [0.5, 0.6) is 0 Å². The van der Waals surface area contributed by atoms with Crippen molar-refractivity contribution < 1.29 is 14.7 Å². The Balaban J connectivity index is 2.87. The third-order valence-corrected chi connectivity index (χ3v) is 1.54. The molecule has 1 atom stereocenters. The Morgan fingerprint density at radius 1 is 1.85 bits per heavy atom. The van der Waals surface area contributed by atoms with E-state index in [0.29, 0.717) is 12.0 Å². The Morgan fingerprint density at radius 3 is 2.92 bits per heavy atom. The lowest BCUT2D eigenvalue weighted by Crippen LogP contribution is -2.26. The Bertz CT molecular complexity index is 321. The van der Waals surface area contributed by atoms with E-state index < -0.39 is 12.0 Å². The van der Waals surface area contributed by atoms with Crippen molar-refractivity contribution in [2.45, 2.75) is 6.04 Å². The van der Waals surface area contributed by atoms with Crippen LogP contribution in [0.15, 0.2) is 12.4 Å². The van der Waals surface area contributed by atoms with Gasteiger partial charge in [-0.1, -0.05) is 0 Å². The van der Waals surface area contributed by atoms with Crippen molar-refractivity contribution in [2.75, 3.05) is 0 Å². The number of nitrogens with zero attached hydrogens (tertiary/aromatic N) is 2. The molecule has 1 rings (SSSR count). The molecule has 0 spiro atoms. The molecule has 0 aromatic carbocycles. The summed E-state index contributed by atoms with van der Waals surface area (Å²) in [5.41, 5.74) is 0.446. The van der Waals surface area contributed by atoms with Crippen molar-refractivity contribution in [3.05, 3.63) is 18.0 Å². The lowest BCUT2D eigenvalue weighted by Gasteiger charge is -2.07. The third kappa shape index (κ3) is 2.05. The molecule has 70 valence electrons. The number of hydrogen-bond donors (Lipinski definition) is 2. The normalized spacial score (nSPS) is 12.1. The molecule has 0 saturated heterocycles. The van der Waals surface area contributed by atoms with Crippen LogP contribution in [-0.2, 0) is 16.6 Å². The van der Waals surface area contributed by atoms with Crippen molar-refractivity contribution in [1.82, 2.24) is 15.1 Å². The van der Waals surface area contributed by atoms with Gasteiger partial charge in [-0.15, -0.1) is 0 Å². The average Bonchev–Trinajstić information content (AvgIpc) is 2.46. The number of rotatable bonds is 4. The third-order valence-electron chi connectivity index (χ3n) is 1.54. The van der Waals surface area contributed by atoms with Gasteiger partial charge in [0, 0.05) is 18.8 Å². The molecule has 1 heterocycles. The predicted octanol–water partition coefficient (Wildman–Crippen LogP) is -0.708. The smallest absolute Gasteiger partial charge is 0.331 e. The fourth-order valence-corrected chi connectivity index (χ4v) is 0.967. The van der Waals surface area contributed by atoms with E-state index in [1.54, 1.807) is 7.05 Å². The van der Waals surface area contributed by atoms with Crippen LogP contribution >= 0.6 is 0 Å². The first-order valence-electron chi connectivity index (χ1n) is 3.56. The summed E-state index contributed by atoms with van der Waals surface area (Å²) in [5, 5.41) is 14.7.